The van der Waals surface area contributed by atoms with E-state index in [1.165, 1.54) is 25.7 Å². The lowest BCUT2D eigenvalue weighted by atomic mass is 10.1. The van der Waals surface area contributed by atoms with E-state index in [1.807, 2.05) is 18.2 Å². The number of rotatable bonds is 32. The molecule has 0 aliphatic heterocycles. The molecule has 0 atom stereocenters. The van der Waals surface area contributed by atoms with E-state index in [1.54, 1.807) is 6.07 Å². The molecule has 0 aliphatic rings. The summed E-state index contributed by atoms with van der Waals surface area (Å²) in [6, 6.07) is 7.38. The number of anilines is 1. The third-order valence-electron chi connectivity index (χ3n) is 5.86. The Morgan fingerprint density at radius 1 is 0.548 bits per heavy atom. The zero-order chi connectivity index (χ0) is 30.2. The molecule has 0 aromatic heterocycles. The van der Waals surface area contributed by atoms with E-state index in [0.29, 0.717) is 117 Å². The standard InChI is InChI=1S/C31H55NO10/c1-2-3-4-5-6-7-12-31(33)42-28-26-40-24-22-38-20-18-36-16-14-34-13-15-35-17-19-37-21-23-39-25-27-41-30-11-9-8-10-29(30)32/h8-11H,2-7,12-28,32H2,1H3. The molecule has 0 unspecified atom stereocenters. The van der Waals surface area contributed by atoms with Crippen LogP contribution in [-0.2, 0) is 42.7 Å². The van der Waals surface area contributed by atoms with Crippen LogP contribution in [0.1, 0.15) is 51.9 Å². The molecule has 1 rings (SSSR count). The molecule has 244 valence electrons. The Balaban J connectivity index is 1.67. The predicted molar refractivity (Wildman–Crippen MR) is 161 cm³/mol. The van der Waals surface area contributed by atoms with Gasteiger partial charge in [0.2, 0.25) is 0 Å². The molecule has 1 aromatic carbocycles. The maximum absolute atomic E-state index is 11.6. The molecular weight excluding hydrogens is 546 g/mol. The van der Waals surface area contributed by atoms with Crippen molar-refractivity contribution in [1.29, 1.82) is 0 Å². The van der Waals surface area contributed by atoms with Gasteiger partial charge < -0.3 is 48.4 Å². The van der Waals surface area contributed by atoms with Crippen LogP contribution in [-0.4, -0.2) is 112 Å². The van der Waals surface area contributed by atoms with Gasteiger partial charge in [0.1, 0.15) is 19.0 Å². The van der Waals surface area contributed by atoms with Crippen molar-refractivity contribution < 1.29 is 47.4 Å². The first-order valence-corrected chi connectivity index (χ1v) is 15.4. The molecule has 0 aliphatic carbocycles. The van der Waals surface area contributed by atoms with Gasteiger partial charge in [0.25, 0.3) is 0 Å². The Hall–Kier alpha value is -1.99. The van der Waals surface area contributed by atoms with Crippen molar-refractivity contribution in [2.24, 2.45) is 0 Å². The first-order chi connectivity index (χ1) is 20.7. The number of nitrogens with two attached hydrogens (primary N) is 1. The summed E-state index contributed by atoms with van der Waals surface area (Å²) in [6.07, 6.45) is 7.43. The summed E-state index contributed by atoms with van der Waals surface area (Å²) < 4.78 is 48.9. The number of carbonyl (C=O) groups is 1. The van der Waals surface area contributed by atoms with Gasteiger partial charge in [0, 0.05) is 6.42 Å². The molecule has 0 amide bonds. The van der Waals surface area contributed by atoms with Crippen molar-refractivity contribution in [1.82, 2.24) is 0 Å². The van der Waals surface area contributed by atoms with Crippen LogP contribution in [0, 0.1) is 0 Å². The molecule has 11 heteroatoms. The Labute approximate surface area is 252 Å². The van der Waals surface area contributed by atoms with E-state index in [9.17, 15) is 4.79 Å². The minimum Gasteiger partial charge on any atom is -0.489 e. The maximum atomic E-state index is 11.6. The SMILES string of the molecule is CCCCCCCCC(=O)OCCOCCOCCOCCOCCOCCOCCOCCOc1ccccc1N. The summed E-state index contributed by atoms with van der Waals surface area (Å²) in [4.78, 5) is 11.6. The summed E-state index contributed by atoms with van der Waals surface area (Å²) in [5.41, 5.74) is 6.43. The highest BCUT2D eigenvalue weighted by atomic mass is 16.6. The Morgan fingerprint density at radius 2 is 0.952 bits per heavy atom. The van der Waals surface area contributed by atoms with Crippen LogP contribution < -0.4 is 10.5 Å². The fraction of sp³-hybridized carbons (Fsp3) is 0.774. The fourth-order valence-electron chi connectivity index (χ4n) is 3.58. The molecular formula is C31H55NO10. The van der Waals surface area contributed by atoms with Crippen LogP contribution in [0.25, 0.3) is 0 Å². The minimum absolute atomic E-state index is 0.143. The van der Waals surface area contributed by atoms with E-state index >= 15 is 0 Å². The largest absolute Gasteiger partial charge is 0.489 e. The molecule has 0 radical (unpaired) electrons. The average molecular weight is 602 g/mol. The van der Waals surface area contributed by atoms with Crippen LogP contribution in [0.15, 0.2) is 24.3 Å². The van der Waals surface area contributed by atoms with Gasteiger partial charge in [-0.2, -0.15) is 0 Å². The van der Waals surface area contributed by atoms with Crippen LogP contribution in [0.2, 0.25) is 0 Å². The van der Waals surface area contributed by atoms with Gasteiger partial charge in [-0.25, -0.2) is 0 Å². The molecule has 1 aromatic rings. The van der Waals surface area contributed by atoms with Gasteiger partial charge in [-0.3, -0.25) is 4.79 Å². The molecule has 0 spiro atoms. The second-order valence-corrected chi connectivity index (χ2v) is 9.41. The summed E-state index contributed by atoms with van der Waals surface area (Å²) in [6.45, 7) is 9.67. The first kappa shape index (κ1) is 38.0. The highest BCUT2D eigenvalue weighted by Gasteiger charge is 2.03. The Bertz CT molecular complexity index is 725. The number of hydrogen-bond donors (Lipinski definition) is 1. The summed E-state index contributed by atoms with van der Waals surface area (Å²) in [7, 11) is 0. The van der Waals surface area contributed by atoms with Crippen molar-refractivity contribution in [2.75, 3.05) is 111 Å². The molecule has 11 nitrogen and oxygen atoms in total. The maximum Gasteiger partial charge on any atom is 0.305 e. The van der Waals surface area contributed by atoms with Gasteiger partial charge in [-0.15, -0.1) is 0 Å². The lowest BCUT2D eigenvalue weighted by Crippen LogP contribution is -2.15. The number of para-hydroxylation sites is 2. The van der Waals surface area contributed by atoms with Crippen molar-refractivity contribution >= 4 is 11.7 Å². The second kappa shape index (κ2) is 30.5. The lowest BCUT2D eigenvalue weighted by Gasteiger charge is -2.09. The van der Waals surface area contributed by atoms with E-state index in [2.05, 4.69) is 6.92 Å². The molecule has 0 fully saturated rings. The van der Waals surface area contributed by atoms with Gasteiger partial charge >= 0.3 is 5.97 Å². The third-order valence-corrected chi connectivity index (χ3v) is 5.86. The zero-order valence-electron chi connectivity index (χ0n) is 25.7. The number of nitrogen functional groups attached to an aromatic ring is 1. The van der Waals surface area contributed by atoms with Crippen LogP contribution in [0.3, 0.4) is 0 Å². The average Bonchev–Trinajstić information content (AvgIpc) is 2.99. The highest BCUT2D eigenvalue weighted by Crippen LogP contribution is 2.19. The van der Waals surface area contributed by atoms with E-state index in [0.717, 1.165) is 12.8 Å². The number of benzene rings is 1. The normalized spacial score (nSPS) is 11.2. The first-order valence-electron chi connectivity index (χ1n) is 15.4. The van der Waals surface area contributed by atoms with E-state index in [-0.39, 0.29) is 12.6 Å². The lowest BCUT2D eigenvalue weighted by molar-refractivity contribution is -0.145. The van der Waals surface area contributed by atoms with Gasteiger partial charge in [-0.05, 0) is 18.6 Å². The van der Waals surface area contributed by atoms with Gasteiger partial charge in [-0.1, -0.05) is 51.2 Å². The van der Waals surface area contributed by atoms with E-state index < -0.39 is 0 Å². The summed E-state index contributed by atoms with van der Waals surface area (Å²) >= 11 is 0. The topological polar surface area (TPSA) is 126 Å². The van der Waals surface area contributed by atoms with Crippen molar-refractivity contribution in [3.05, 3.63) is 24.3 Å². The monoisotopic (exact) mass is 601 g/mol. The second-order valence-electron chi connectivity index (χ2n) is 9.41. The zero-order valence-corrected chi connectivity index (χ0v) is 25.7. The number of unbranched alkanes of at least 4 members (excludes halogenated alkanes) is 5. The fourth-order valence-corrected chi connectivity index (χ4v) is 3.58. The summed E-state index contributed by atoms with van der Waals surface area (Å²) in [5, 5.41) is 0. The number of carbonyl (C=O) groups excluding carboxylic acids is 1. The van der Waals surface area contributed by atoms with Gasteiger partial charge in [0.05, 0.1) is 98.2 Å². The molecule has 0 bridgehead atoms. The van der Waals surface area contributed by atoms with Crippen molar-refractivity contribution in [3.8, 4) is 5.75 Å². The van der Waals surface area contributed by atoms with Crippen LogP contribution >= 0.6 is 0 Å². The predicted octanol–water partition coefficient (Wildman–Crippen LogP) is 4.06. The number of ether oxygens (including phenoxy) is 9. The van der Waals surface area contributed by atoms with E-state index in [4.69, 9.17) is 48.4 Å². The van der Waals surface area contributed by atoms with Gasteiger partial charge in [0.15, 0.2) is 0 Å². The Morgan fingerprint density at radius 3 is 1.43 bits per heavy atom. The highest BCUT2D eigenvalue weighted by molar-refractivity contribution is 5.69. The molecule has 0 saturated carbocycles. The Kier molecular flexibility index (Phi) is 27.6. The number of hydrogen-bond acceptors (Lipinski definition) is 11. The molecule has 0 saturated heterocycles. The smallest absolute Gasteiger partial charge is 0.305 e. The summed E-state index contributed by atoms with van der Waals surface area (Å²) in [5.74, 6) is 0.525. The number of esters is 1. The van der Waals surface area contributed by atoms with Crippen LogP contribution in [0.4, 0.5) is 5.69 Å². The van der Waals surface area contributed by atoms with Crippen LogP contribution in [0.5, 0.6) is 5.75 Å². The molecule has 0 heterocycles. The van der Waals surface area contributed by atoms with Crippen molar-refractivity contribution in [2.45, 2.75) is 51.9 Å². The molecule has 2 N–H and O–H groups in total. The third kappa shape index (κ3) is 25.7. The van der Waals surface area contributed by atoms with Crippen molar-refractivity contribution in [3.63, 3.8) is 0 Å². The quantitative estimate of drug-likeness (QED) is 0.0730. The molecule has 42 heavy (non-hydrogen) atoms. The minimum atomic E-state index is -0.143.